The van der Waals surface area contributed by atoms with Crippen LogP contribution in [0.1, 0.15) is 29.5 Å². The lowest BCUT2D eigenvalue weighted by molar-refractivity contribution is 0.0712. The molecule has 5 rings (SSSR count). The van der Waals surface area contributed by atoms with Gasteiger partial charge in [0.25, 0.3) is 0 Å². The Balaban J connectivity index is 1.15. The van der Waals surface area contributed by atoms with E-state index in [2.05, 4.69) is 24.9 Å². The van der Waals surface area contributed by atoms with Crippen molar-refractivity contribution >= 4 is 21.7 Å². The van der Waals surface area contributed by atoms with Gasteiger partial charge in [0.15, 0.2) is 11.6 Å². The first-order valence-electron chi connectivity index (χ1n) is 13.1. The minimum absolute atomic E-state index is 0.399. The fourth-order valence-electron chi connectivity index (χ4n) is 5.75. The predicted octanol–water partition coefficient (Wildman–Crippen LogP) is 2.21. The van der Waals surface area contributed by atoms with Crippen molar-refractivity contribution in [1.82, 2.24) is 19.4 Å². The summed E-state index contributed by atoms with van der Waals surface area (Å²) < 4.78 is 34.2. The van der Waals surface area contributed by atoms with Crippen LogP contribution in [-0.4, -0.2) is 99.4 Å². The summed E-state index contributed by atoms with van der Waals surface area (Å²) in [5.74, 6) is 1.71. The molecule has 3 aliphatic heterocycles. The van der Waals surface area contributed by atoms with E-state index in [9.17, 15) is 8.42 Å². The third kappa shape index (κ3) is 5.37. The maximum absolute atomic E-state index is 13.4. The number of benzene rings is 1. The van der Waals surface area contributed by atoms with Crippen molar-refractivity contribution in [2.24, 2.45) is 0 Å². The van der Waals surface area contributed by atoms with Gasteiger partial charge >= 0.3 is 0 Å². The van der Waals surface area contributed by atoms with Crippen LogP contribution in [0.2, 0.25) is 0 Å². The summed E-state index contributed by atoms with van der Waals surface area (Å²) in [5, 5.41) is 9.01. The number of ether oxygens (including phenoxy) is 1. The molecule has 4 heterocycles. The first-order valence-corrected chi connectivity index (χ1v) is 14.5. The fourth-order valence-corrected chi connectivity index (χ4v) is 7.59. The lowest BCUT2D eigenvalue weighted by Crippen LogP contribution is -2.49. The fraction of sp³-hybridized carbons (Fsp3) is 0.615. The van der Waals surface area contributed by atoms with E-state index >= 15 is 0 Å². The molecule has 0 radical (unpaired) electrons. The second kappa shape index (κ2) is 10.6. The van der Waals surface area contributed by atoms with E-state index in [4.69, 9.17) is 4.74 Å². The third-order valence-corrected chi connectivity index (χ3v) is 9.79. The number of piperazine rings is 2. The molecule has 3 aliphatic rings. The van der Waals surface area contributed by atoms with Gasteiger partial charge < -0.3 is 14.5 Å². The Morgan fingerprint density at radius 3 is 1.92 bits per heavy atom. The average molecular weight is 515 g/mol. The molecule has 3 fully saturated rings. The first kappa shape index (κ1) is 25.4. The van der Waals surface area contributed by atoms with Crippen LogP contribution in [0.15, 0.2) is 29.2 Å². The molecule has 0 saturated carbocycles. The molecule has 1 aromatic carbocycles. The maximum Gasteiger partial charge on any atom is 0.243 e. The molecule has 36 heavy (non-hydrogen) atoms. The van der Waals surface area contributed by atoms with E-state index in [-0.39, 0.29) is 0 Å². The monoisotopic (exact) mass is 514 g/mol. The zero-order chi connectivity index (χ0) is 25.3. The SMILES string of the molecule is Cc1cc(C)c(S(=O)(=O)N2CCN(c3ccc(N4CCN(CC5CCCO5)CC4)nn3)CC2)c(C)c1. The zero-order valence-corrected chi connectivity index (χ0v) is 22.5. The molecule has 2 aromatic rings. The van der Waals surface area contributed by atoms with E-state index in [1.165, 1.54) is 12.8 Å². The van der Waals surface area contributed by atoms with Gasteiger partial charge in [-0.25, -0.2) is 8.42 Å². The normalized spacial score (nSPS) is 22.4. The Morgan fingerprint density at radius 1 is 0.861 bits per heavy atom. The van der Waals surface area contributed by atoms with Crippen LogP contribution in [-0.2, 0) is 14.8 Å². The third-order valence-electron chi connectivity index (χ3n) is 7.58. The number of rotatable bonds is 6. The molecule has 9 nitrogen and oxygen atoms in total. The number of aryl methyl sites for hydroxylation is 3. The smallest absolute Gasteiger partial charge is 0.243 e. The van der Waals surface area contributed by atoms with Gasteiger partial charge in [0, 0.05) is 65.5 Å². The van der Waals surface area contributed by atoms with Crippen LogP contribution in [0.5, 0.6) is 0 Å². The molecule has 10 heteroatoms. The molecule has 0 N–H and O–H groups in total. The lowest BCUT2D eigenvalue weighted by atomic mass is 10.1. The number of aromatic nitrogens is 2. The van der Waals surface area contributed by atoms with Gasteiger partial charge in [0.2, 0.25) is 10.0 Å². The molecule has 0 aliphatic carbocycles. The number of hydrogen-bond donors (Lipinski definition) is 0. The summed E-state index contributed by atoms with van der Waals surface area (Å²) in [6.07, 6.45) is 2.76. The van der Waals surface area contributed by atoms with Crippen LogP contribution in [0, 0.1) is 20.8 Å². The molecule has 0 amide bonds. The summed E-state index contributed by atoms with van der Waals surface area (Å²) in [4.78, 5) is 7.35. The minimum atomic E-state index is -3.53. The van der Waals surface area contributed by atoms with Gasteiger partial charge in [-0.2, -0.15) is 4.31 Å². The summed E-state index contributed by atoms with van der Waals surface area (Å²) in [5.41, 5.74) is 2.70. The predicted molar refractivity (Wildman–Crippen MR) is 141 cm³/mol. The van der Waals surface area contributed by atoms with Crippen molar-refractivity contribution in [2.45, 2.75) is 44.6 Å². The van der Waals surface area contributed by atoms with E-state index in [1.807, 2.05) is 45.0 Å². The molecule has 196 valence electrons. The van der Waals surface area contributed by atoms with Crippen molar-refractivity contribution in [1.29, 1.82) is 0 Å². The Hall–Kier alpha value is -2.27. The van der Waals surface area contributed by atoms with E-state index < -0.39 is 10.0 Å². The quantitative estimate of drug-likeness (QED) is 0.581. The van der Waals surface area contributed by atoms with Gasteiger partial charge in [0.1, 0.15) is 0 Å². The molecule has 3 saturated heterocycles. The molecule has 1 unspecified atom stereocenters. The van der Waals surface area contributed by atoms with Crippen molar-refractivity contribution in [3.63, 3.8) is 0 Å². The van der Waals surface area contributed by atoms with E-state index in [0.717, 1.165) is 67.7 Å². The highest BCUT2D eigenvalue weighted by Crippen LogP contribution is 2.27. The maximum atomic E-state index is 13.4. The molecule has 1 atom stereocenters. The second-order valence-electron chi connectivity index (χ2n) is 10.3. The molecular weight excluding hydrogens is 476 g/mol. The van der Waals surface area contributed by atoms with Gasteiger partial charge in [-0.3, -0.25) is 4.90 Å². The summed E-state index contributed by atoms with van der Waals surface area (Å²) >= 11 is 0. The van der Waals surface area contributed by atoms with Crippen LogP contribution >= 0.6 is 0 Å². The number of anilines is 2. The standard InChI is InChI=1S/C26H38N6O3S/c1-20-17-21(2)26(22(3)18-20)36(33,34)32-14-12-31(13-15-32)25-7-6-24(27-28-25)30-10-8-29(9-11-30)19-23-5-4-16-35-23/h6-7,17-18,23H,4-5,8-16,19H2,1-3H3. The van der Waals surface area contributed by atoms with Crippen molar-refractivity contribution in [3.05, 3.63) is 41.0 Å². The highest BCUT2D eigenvalue weighted by molar-refractivity contribution is 7.89. The van der Waals surface area contributed by atoms with Gasteiger partial charge in [-0.15, -0.1) is 10.2 Å². The summed E-state index contributed by atoms with van der Waals surface area (Å²) in [6, 6.07) is 7.94. The molecule has 0 spiro atoms. The van der Waals surface area contributed by atoms with Crippen LogP contribution in [0.25, 0.3) is 0 Å². The number of sulfonamides is 1. The van der Waals surface area contributed by atoms with Crippen LogP contribution < -0.4 is 9.80 Å². The van der Waals surface area contributed by atoms with Gasteiger partial charge in [0.05, 0.1) is 11.0 Å². The topological polar surface area (TPSA) is 82.1 Å². The summed E-state index contributed by atoms with van der Waals surface area (Å²) in [7, 11) is -3.53. The van der Waals surface area contributed by atoms with E-state index in [1.54, 1.807) is 4.31 Å². The highest BCUT2D eigenvalue weighted by Gasteiger charge is 2.31. The van der Waals surface area contributed by atoms with Crippen molar-refractivity contribution in [2.75, 3.05) is 75.3 Å². The largest absolute Gasteiger partial charge is 0.377 e. The van der Waals surface area contributed by atoms with Crippen LogP contribution in [0.3, 0.4) is 0 Å². The van der Waals surface area contributed by atoms with E-state index in [0.29, 0.717) is 37.2 Å². The Morgan fingerprint density at radius 2 is 1.42 bits per heavy atom. The Bertz CT molecular complexity index is 1130. The summed E-state index contributed by atoms with van der Waals surface area (Å²) in [6.45, 7) is 13.7. The van der Waals surface area contributed by atoms with Gasteiger partial charge in [-0.1, -0.05) is 17.7 Å². The number of nitrogens with zero attached hydrogens (tertiary/aromatic N) is 6. The molecule has 0 bridgehead atoms. The molecule has 1 aromatic heterocycles. The highest BCUT2D eigenvalue weighted by atomic mass is 32.2. The average Bonchev–Trinajstić information content (AvgIpc) is 3.37. The lowest BCUT2D eigenvalue weighted by Gasteiger charge is -2.36. The Kier molecular flexibility index (Phi) is 7.48. The molecular formula is C26H38N6O3S. The van der Waals surface area contributed by atoms with Crippen molar-refractivity contribution in [3.8, 4) is 0 Å². The second-order valence-corrected chi connectivity index (χ2v) is 12.2. The minimum Gasteiger partial charge on any atom is -0.377 e. The van der Waals surface area contributed by atoms with Crippen LogP contribution in [0.4, 0.5) is 11.6 Å². The first-order chi connectivity index (χ1) is 17.3. The Labute approximate surface area is 215 Å². The zero-order valence-electron chi connectivity index (χ0n) is 21.7. The van der Waals surface area contributed by atoms with Gasteiger partial charge in [-0.05, 0) is 56.9 Å². The number of hydrogen-bond acceptors (Lipinski definition) is 8. The van der Waals surface area contributed by atoms with Crippen molar-refractivity contribution < 1.29 is 13.2 Å².